The van der Waals surface area contributed by atoms with Gasteiger partial charge < -0.3 is 24.6 Å². The Morgan fingerprint density at radius 3 is 2.56 bits per heavy atom. The fourth-order valence-corrected chi connectivity index (χ4v) is 7.98. The first-order chi connectivity index (χ1) is 18.8. The quantitative estimate of drug-likeness (QED) is 0.504. The zero-order valence-electron chi connectivity index (χ0n) is 23.4. The number of rotatable bonds is 7. The molecule has 2 saturated heterocycles. The van der Waals surface area contributed by atoms with Gasteiger partial charge in [-0.2, -0.15) is 0 Å². The van der Waals surface area contributed by atoms with E-state index in [1.807, 2.05) is 26.0 Å². The van der Waals surface area contributed by atoms with Crippen molar-refractivity contribution in [2.24, 2.45) is 11.8 Å². The van der Waals surface area contributed by atoms with Crippen LogP contribution in [-0.4, -0.2) is 60.3 Å². The number of ether oxygens (including phenoxy) is 3. The standard InChI is InChI=1S/C32H40N2O5/c1-5-31(20-38-30(2,3)39-31)17-22-23(19-35)26(29(36)37-4)27-32(24-13-9-10-14-25(24)33-27)15-16-34(28(22)32)18-21-11-7-6-8-12-21/h6-14,22-23,28,33,35H,5,15-20H2,1-4H3/t22-,23-,28+,31-,32+/m0/s1. The number of carbonyl (C=O) groups excluding carboxylic acids is 1. The molecule has 0 saturated carbocycles. The van der Waals surface area contributed by atoms with Crippen LogP contribution >= 0.6 is 0 Å². The highest BCUT2D eigenvalue weighted by molar-refractivity contribution is 5.93. The van der Waals surface area contributed by atoms with Crippen molar-refractivity contribution < 1.29 is 24.1 Å². The van der Waals surface area contributed by atoms with Crippen LogP contribution in [0.3, 0.4) is 0 Å². The summed E-state index contributed by atoms with van der Waals surface area (Å²) in [5.41, 5.74) is 4.07. The smallest absolute Gasteiger partial charge is 0.335 e. The van der Waals surface area contributed by atoms with Gasteiger partial charge in [-0.1, -0.05) is 55.5 Å². The van der Waals surface area contributed by atoms with E-state index in [9.17, 15) is 9.90 Å². The van der Waals surface area contributed by atoms with Gasteiger partial charge in [-0.3, -0.25) is 4.90 Å². The summed E-state index contributed by atoms with van der Waals surface area (Å²) in [6, 6.07) is 19.0. The first kappa shape index (κ1) is 26.5. The molecule has 7 heteroatoms. The summed E-state index contributed by atoms with van der Waals surface area (Å²) in [7, 11) is 1.43. The Bertz CT molecular complexity index is 1280. The van der Waals surface area contributed by atoms with Gasteiger partial charge in [0.1, 0.15) is 0 Å². The molecule has 4 aliphatic rings. The molecule has 2 fully saturated rings. The van der Waals surface area contributed by atoms with E-state index in [2.05, 4.69) is 59.6 Å². The highest BCUT2D eigenvalue weighted by Crippen LogP contribution is 2.62. The van der Waals surface area contributed by atoms with Gasteiger partial charge in [0.05, 0.1) is 36.9 Å². The van der Waals surface area contributed by atoms with Crippen LogP contribution in [0.1, 0.15) is 51.2 Å². The van der Waals surface area contributed by atoms with Gasteiger partial charge in [-0.15, -0.1) is 0 Å². The summed E-state index contributed by atoms with van der Waals surface area (Å²) in [6.45, 7) is 8.08. The number of methoxy groups -OCH3 is 1. The number of hydrogen-bond donors (Lipinski definition) is 2. The highest BCUT2D eigenvalue weighted by atomic mass is 16.8. The van der Waals surface area contributed by atoms with E-state index < -0.39 is 22.7 Å². The third-order valence-corrected chi connectivity index (χ3v) is 9.60. The number of carbonyl (C=O) groups is 1. The number of para-hydroxylation sites is 1. The van der Waals surface area contributed by atoms with Gasteiger partial charge >= 0.3 is 5.97 Å². The average molecular weight is 533 g/mol. The van der Waals surface area contributed by atoms with Crippen molar-refractivity contribution in [3.8, 4) is 0 Å². The van der Waals surface area contributed by atoms with E-state index in [1.54, 1.807) is 0 Å². The van der Waals surface area contributed by atoms with Crippen molar-refractivity contribution >= 4 is 11.7 Å². The van der Waals surface area contributed by atoms with E-state index in [0.29, 0.717) is 18.6 Å². The summed E-state index contributed by atoms with van der Waals surface area (Å²) in [5, 5.41) is 14.6. The van der Waals surface area contributed by atoms with Crippen LogP contribution in [0.25, 0.3) is 0 Å². The summed E-state index contributed by atoms with van der Waals surface area (Å²) in [6.07, 6.45) is 2.33. The molecule has 0 bridgehead atoms. The molecule has 0 aromatic heterocycles. The van der Waals surface area contributed by atoms with Crippen LogP contribution in [0.2, 0.25) is 0 Å². The van der Waals surface area contributed by atoms with Crippen molar-refractivity contribution in [3.05, 3.63) is 77.0 Å². The molecule has 1 aliphatic carbocycles. The molecule has 39 heavy (non-hydrogen) atoms. The molecule has 2 aromatic rings. The van der Waals surface area contributed by atoms with Crippen molar-refractivity contribution in [1.29, 1.82) is 0 Å². The molecule has 3 heterocycles. The number of hydrogen-bond acceptors (Lipinski definition) is 7. The maximum atomic E-state index is 13.5. The van der Waals surface area contributed by atoms with E-state index in [1.165, 1.54) is 18.2 Å². The molecule has 5 atom stereocenters. The van der Waals surface area contributed by atoms with Crippen molar-refractivity contribution in [2.75, 3.05) is 32.2 Å². The van der Waals surface area contributed by atoms with Crippen LogP contribution in [0.4, 0.5) is 5.69 Å². The number of nitrogens with one attached hydrogen (secondary N) is 1. The molecule has 3 aliphatic heterocycles. The number of benzene rings is 2. The minimum Gasteiger partial charge on any atom is -0.466 e. The van der Waals surface area contributed by atoms with Gasteiger partial charge in [-0.25, -0.2) is 4.79 Å². The summed E-state index contributed by atoms with van der Waals surface area (Å²) >= 11 is 0. The number of fused-ring (bicyclic) bond motifs is 1. The predicted molar refractivity (Wildman–Crippen MR) is 149 cm³/mol. The van der Waals surface area contributed by atoms with Crippen molar-refractivity contribution in [1.82, 2.24) is 4.90 Å². The van der Waals surface area contributed by atoms with Crippen LogP contribution in [-0.2, 0) is 31.0 Å². The summed E-state index contributed by atoms with van der Waals surface area (Å²) < 4.78 is 18.1. The Balaban J connectivity index is 1.54. The molecule has 2 aromatic carbocycles. The minimum absolute atomic E-state index is 0.0464. The Morgan fingerprint density at radius 2 is 1.90 bits per heavy atom. The van der Waals surface area contributed by atoms with Gasteiger partial charge in [0, 0.05) is 36.4 Å². The molecule has 0 unspecified atom stereocenters. The van der Waals surface area contributed by atoms with Crippen LogP contribution < -0.4 is 5.32 Å². The normalized spacial score (nSPS) is 32.9. The average Bonchev–Trinajstić information content (AvgIpc) is 3.59. The molecular formula is C32H40N2O5. The Hall–Kier alpha value is -2.71. The zero-order chi connectivity index (χ0) is 27.4. The number of aliphatic hydroxyl groups is 1. The van der Waals surface area contributed by atoms with Gasteiger partial charge in [-0.05, 0) is 56.2 Å². The number of likely N-dealkylation sites (tertiary alicyclic amines) is 1. The zero-order valence-corrected chi connectivity index (χ0v) is 23.4. The number of nitrogens with zero attached hydrogens (tertiary/aromatic N) is 1. The number of esters is 1. The molecule has 1 spiro atoms. The Kier molecular flexibility index (Phi) is 6.62. The fourth-order valence-electron chi connectivity index (χ4n) is 7.98. The van der Waals surface area contributed by atoms with Crippen LogP contribution in [0, 0.1) is 11.8 Å². The third-order valence-electron chi connectivity index (χ3n) is 9.60. The number of aliphatic hydroxyl groups excluding tert-OH is 1. The van der Waals surface area contributed by atoms with Crippen LogP contribution in [0.15, 0.2) is 65.9 Å². The fraction of sp³-hybridized carbons (Fsp3) is 0.531. The lowest BCUT2D eigenvalue weighted by molar-refractivity contribution is -0.169. The van der Waals surface area contributed by atoms with Crippen LogP contribution in [0.5, 0.6) is 0 Å². The van der Waals surface area contributed by atoms with Gasteiger partial charge in [0.2, 0.25) is 0 Å². The summed E-state index contributed by atoms with van der Waals surface area (Å²) in [4.78, 5) is 16.1. The molecule has 7 nitrogen and oxygen atoms in total. The molecular weight excluding hydrogens is 492 g/mol. The maximum Gasteiger partial charge on any atom is 0.335 e. The molecule has 6 rings (SSSR count). The first-order valence-electron chi connectivity index (χ1n) is 14.2. The second kappa shape index (κ2) is 9.73. The van der Waals surface area contributed by atoms with E-state index >= 15 is 0 Å². The largest absolute Gasteiger partial charge is 0.466 e. The molecule has 0 amide bonds. The predicted octanol–water partition coefficient (Wildman–Crippen LogP) is 4.61. The second-order valence-electron chi connectivity index (χ2n) is 12.1. The molecule has 208 valence electrons. The van der Waals surface area contributed by atoms with Crippen molar-refractivity contribution in [2.45, 2.75) is 69.4 Å². The second-order valence-corrected chi connectivity index (χ2v) is 12.1. The number of anilines is 1. The van der Waals surface area contributed by atoms with E-state index in [-0.39, 0.29) is 24.5 Å². The SMILES string of the molecule is CC[C@]1(C[C@H]2[C@H](CO)C(C(=O)OC)=C3Nc4ccccc4[C@]34CCN(Cc3ccccc3)[C@H]24)COC(C)(C)O1. The van der Waals surface area contributed by atoms with Crippen molar-refractivity contribution in [3.63, 3.8) is 0 Å². The Labute approximate surface area is 231 Å². The monoisotopic (exact) mass is 532 g/mol. The molecule has 2 N–H and O–H groups in total. The lowest BCUT2D eigenvalue weighted by Crippen LogP contribution is -2.57. The van der Waals surface area contributed by atoms with Gasteiger partial charge in [0.25, 0.3) is 0 Å². The topological polar surface area (TPSA) is 80.3 Å². The lowest BCUT2D eigenvalue weighted by atomic mass is 9.58. The third kappa shape index (κ3) is 4.13. The minimum atomic E-state index is -0.676. The van der Waals surface area contributed by atoms with Gasteiger partial charge in [0.15, 0.2) is 5.79 Å². The first-order valence-corrected chi connectivity index (χ1v) is 14.2. The van der Waals surface area contributed by atoms with E-state index in [4.69, 9.17) is 14.2 Å². The summed E-state index contributed by atoms with van der Waals surface area (Å²) in [5.74, 6) is -1.52. The highest BCUT2D eigenvalue weighted by Gasteiger charge is 2.64. The molecule has 0 radical (unpaired) electrons. The van der Waals surface area contributed by atoms with E-state index in [0.717, 1.165) is 37.3 Å². The Morgan fingerprint density at radius 1 is 1.15 bits per heavy atom. The maximum absolute atomic E-state index is 13.5. The lowest BCUT2D eigenvalue weighted by Gasteiger charge is -2.50.